The largest absolute Gasteiger partial charge is 0.472 e. The Balaban J connectivity index is 1.63. The van der Waals surface area contributed by atoms with Crippen LogP contribution in [0.1, 0.15) is 64.0 Å². The van der Waals surface area contributed by atoms with Crippen molar-refractivity contribution in [3.63, 3.8) is 0 Å². The van der Waals surface area contributed by atoms with Crippen molar-refractivity contribution in [3.05, 3.63) is 71.7 Å². The first kappa shape index (κ1) is 25.3. The Kier molecular flexibility index (Phi) is 7.53. The molecule has 0 radical (unpaired) electrons. The van der Waals surface area contributed by atoms with Crippen LogP contribution in [0.3, 0.4) is 0 Å². The summed E-state index contributed by atoms with van der Waals surface area (Å²) in [4.78, 5) is 26.0. The van der Waals surface area contributed by atoms with Gasteiger partial charge in [-0.25, -0.2) is 4.79 Å². The van der Waals surface area contributed by atoms with E-state index in [1.54, 1.807) is 12.5 Å². The maximum absolute atomic E-state index is 13.0. The highest BCUT2D eigenvalue weighted by molar-refractivity contribution is 5.89. The number of benzene rings is 1. The minimum Gasteiger partial charge on any atom is -0.472 e. The Morgan fingerprint density at radius 2 is 1.80 bits per heavy atom. The van der Waals surface area contributed by atoms with Gasteiger partial charge in [-0.1, -0.05) is 57.5 Å². The van der Waals surface area contributed by atoms with E-state index in [4.69, 9.17) is 13.9 Å². The normalized spacial score (nSPS) is 27.4. The average Bonchev–Trinajstić information content (AvgIpc) is 3.35. The van der Waals surface area contributed by atoms with Gasteiger partial charge < -0.3 is 13.9 Å². The Morgan fingerprint density at radius 3 is 2.49 bits per heavy atom. The van der Waals surface area contributed by atoms with Gasteiger partial charge in [0.1, 0.15) is 6.10 Å². The Bertz CT molecular complexity index is 1040. The summed E-state index contributed by atoms with van der Waals surface area (Å²) in [6.45, 7) is 6.85. The monoisotopic (exact) mass is 478 g/mol. The zero-order valence-electron chi connectivity index (χ0n) is 21.4. The van der Waals surface area contributed by atoms with E-state index in [0.29, 0.717) is 18.4 Å². The summed E-state index contributed by atoms with van der Waals surface area (Å²) in [7, 11) is 1.43. The molecule has 0 saturated heterocycles. The van der Waals surface area contributed by atoms with Crippen LogP contribution in [0.5, 0.6) is 0 Å². The third-order valence-electron chi connectivity index (χ3n) is 8.38. The molecule has 1 heterocycles. The van der Waals surface area contributed by atoms with Crippen LogP contribution >= 0.6 is 0 Å². The Hall–Kier alpha value is -2.82. The van der Waals surface area contributed by atoms with Crippen molar-refractivity contribution < 1.29 is 23.5 Å². The Morgan fingerprint density at radius 1 is 1.03 bits per heavy atom. The molecular formula is C30H38O5. The number of carbonyl (C=O) groups is 2. The predicted octanol–water partition coefficient (Wildman–Crippen LogP) is 6.32. The van der Waals surface area contributed by atoms with Crippen LogP contribution in [-0.2, 0) is 31.9 Å². The number of aryl methyl sites for hydroxylation is 2. The molecular weight excluding hydrogens is 440 g/mol. The lowest BCUT2D eigenvalue weighted by Crippen LogP contribution is -2.56. The first-order valence-electron chi connectivity index (χ1n) is 12.8. The van der Waals surface area contributed by atoms with Crippen LogP contribution in [0.4, 0.5) is 0 Å². The van der Waals surface area contributed by atoms with Crippen LogP contribution in [0.2, 0.25) is 0 Å². The fourth-order valence-corrected chi connectivity index (χ4v) is 6.85. The van der Waals surface area contributed by atoms with Gasteiger partial charge in [0, 0.05) is 17.9 Å². The number of furan rings is 1. The number of methoxy groups -OCH3 is 1. The molecule has 2 aliphatic rings. The molecule has 35 heavy (non-hydrogen) atoms. The molecule has 4 atom stereocenters. The summed E-state index contributed by atoms with van der Waals surface area (Å²) in [5, 5.41) is 0. The highest BCUT2D eigenvalue weighted by Gasteiger charge is 2.58. The number of hydrogen-bond acceptors (Lipinski definition) is 5. The van der Waals surface area contributed by atoms with Gasteiger partial charge in [0.2, 0.25) is 0 Å². The van der Waals surface area contributed by atoms with Crippen LogP contribution in [0, 0.1) is 22.7 Å². The fourth-order valence-electron chi connectivity index (χ4n) is 6.85. The third kappa shape index (κ3) is 5.39. The van der Waals surface area contributed by atoms with E-state index >= 15 is 0 Å². The van der Waals surface area contributed by atoms with Crippen LogP contribution in [-0.4, -0.2) is 25.2 Å². The molecule has 2 aromatic rings. The van der Waals surface area contributed by atoms with Gasteiger partial charge in [-0.05, 0) is 72.1 Å². The van der Waals surface area contributed by atoms with Crippen molar-refractivity contribution in [1.82, 2.24) is 0 Å². The van der Waals surface area contributed by atoms with Gasteiger partial charge in [-0.15, -0.1) is 0 Å². The van der Waals surface area contributed by atoms with Crippen molar-refractivity contribution >= 4 is 11.9 Å². The van der Waals surface area contributed by atoms with Crippen LogP contribution in [0.25, 0.3) is 0 Å². The topological polar surface area (TPSA) is 65.7 Å². The quantitative estimate of drug-likeness (QED) is 0.416. The smallest absolute Gasteiger partial charge is 0.333 e. The lowest BCUT2D eigenvalue weighted by molar-refractivity contribution is -0.165. The minimum atomic E-state index is -0.446. The fraction of sp³-hybridized carbons (Fsp3) is 0.533. The standard InChI is InChI=1S/C30H38O5/c1-29(2)16-8-17-30(3)24(13-11-22-15-18-34-20-22)23(28(32)33-4)19-25(27(29)30)35-26(31)14-12-21-9-6-5-7-10-21/h5-7,9-10,15,18-20,24-25,27H,8,11-14,16-17H2,1-4H3/t24-,25-,27-,30+/m0/s1. The predicted molar refractivity (Wildman–Crippen MR) is 134 cm³/mol. The maximum Gasteiger partial charge on any atom is 0.333 e. The number of ether oxygens (including phenoxy) is 2. The number of rotatable bonds is 8. The highest BCUT2D eigenvalue weighted by Crippen LogP contribution is 2.61. The molecule has 5 heteroatoms. The summed E-state index contributed by atoms with van der Waals surface area (Å²) < 4.78 is 16.7. The number of fused-ring (bicyclic) bond motifs is 1. The molecule has 0 amide bonds. The molecule has 0 spiro atoms. The van der Waals surface area contributed by atoms with E-state index in [1.807, 2.05) is 42.5 Å². The lowest BCUT2D eigenvalue weighted by atomic mass is 9.47. The zero-order valence-corrected chi connectivity index (χ0v) is 21.4. The van der Waals surface area contributed by atoms with E-state index in [-0.39, 0.29) is 34.6 Å². The summed E-state index contributed by atoms with van der Waals surface area (Å²) in [5.74, 6) is -0.406. The molecule has 2 aliphatic carbocycles. The van der Waals surface area contributed by atoms with Crippen molar-refractivity contribution in [2.45, 2.75) is 71.8 Å². The maximum atomic E-state index is 13.0. The van der Waals surface area contributed by atoms with Gasteiger partial charge in [0.05, 0.1) is 19.6 Å². The number of hydrogen-bond donors (Lipinski definition) is 0. The number of esters is 2. The molecule has 1 saturated carbocycles. The second-order valence-electron chi connectivity index (χ2n) is 11.1. The first-order chi connectivity index (χ1) is 16.7. The molecule has 1 aromatic heterocycles. The first-order valence-corrected chi connectivity index (χ1v) is 12.8. The highest BCUT2D eigenvalue weighted by atomic mass is 16.5. The van der Waals surface area contributed by atoms with Crippen molar-refractivity contribution in [1.29, 1.82) is 0 Å². The molecule has 188 valence electrons. The number of carbonyl (C=O) groups excluding carboxylic acids is 2. The molecule has 0 aliphatic heterocycles. The second kappa shape index (κ2) is 10.4. The van der Waals surface area contributed by atoms with E-state index in [0.717, 1.165) is 43.2 Å². The van der Waals surface area contributed by atoms with Crippen LogP contribution in [0.15, 0.2) is 65.0 Å². The van der Waals surface area contributed by atoms with Gasteiger partial charge in [-0.3, -0.25) is 4.79 Å². The van der Waals surface area contributed by atoms with E-state index in [1.165, 1.54) is 7.11 Å². The molecule has 1 fully saturated rings. The van der Waals surface area contributed by atoms with E-state index < -0.39 is 6.10 Å². The summed E-state index contributed by atoms with van der Waals surface area (Å²) >= 11 is 0. The molecule has 4 rings (SSSR count). The van der Waals surface area contributed by atoms with Crippen molar-refractivity contribution in [2.75, 3.05) is 7.11 Å². The summed E-state index contributed by atoms with van der Waals surface area (Å²) in [6, 6.07) is 12.0. The lowest BCUT2D eigenvalue weighted by Gasteiger charge is -2.58. The zero-order chi connectivity index (χ0) is 25.1. The Labute approximate surface area is 208 Å². The van der Waals surface area contributed by atoms with Gasteiger partial charge >= 0.3 is 11.9 Å². The summed E-state index contributed by atoms with van der Waals surface area (Å²) in [5.41, 5.74) is 2.67. The molecule has 0 unspecified atom stereocenters. The van der Waals surface area contributed by atoms with E-state index in [9.17, 15) is 9.59 Å². The second-order valence-corrected chi connectivity index (χ2v) is 11.1. The van der Waals surface area contributed by atoms with Crippen LogP contribution < -0.4 is 0 Å². The molecule has 1 aromatic carbocycles. The molecule has 0 bridgehead atoms. The summed E-state index contributed by atoms with van der Waals surface area (Å²) in [6.07, 6.45) is 10.7. The molecule has 5 nitrogen and oxygen atoms in total. The SMILES string of the molecule is COC(=O)C1=C[C@H](OC(=O)CCc2ccccc2)[C@H]2C(C)(C)CCC[C@]2(C)[C@H]1CCc1ccoc1. The van der Waals surface area contributed by atoms with Crippen molar-refractivity contribution in [2.24, 2.45) is 22.7 Å². The third-order valence-corrected chi connectivity index (χ3v) is 8.38. The van der Waals surface area contributed by atoms with Gasteiger partial charge in [-0.2, -0.15) is 0 Å². The average molecular weight is 479 g/mol. The van der Waals surface area contributed by atoms with Gasteiger partial charge in [0.25, 0.3) is 0 Å². The van der Waals surface area contributed by atoms with E-state index in [2.05, 4.69) is 20.8 Å². The van der Waals surface area contributed by atoms with Crippen molar-refractivity contribution in [3.8, 4) is 0 Å². The van der Waals surface area contributed by atoms with Gasteiger partial charge in [0.15, 0.2) is 0 Å². The minimum absolute atomic E-state index is 0.0219. The molecule has 0 N–H and O–H groups in total.